The van der Waals surface area contributed by atoms with E-state index >= 15 is 0 Å². The summed E-state index contributed by atoms with van der Waals surface area (Å²) in [7, 11) is 1.58. The molecule has 1 aromatic heterocycles. The van der Waals surface area contributed by atoms with E-state index in [0.29, 0.717) is 0 Å². The monoisotopic (exact) mass is 276 g/mol. The number of ether oxygens (including phenoxy) is 1. The lowest BCUT2D eigenvalue weighted by atomic mass is 9.60. The van der Waals surface area contributed by atoms with Crippen LogP contribution in [-0.2, 0) is 14.9 Å². The van der Waals surface area contributed by atoms with Gasteiger partial charge in [0.05, 0.1) is 18.6 Å². The quantitative estimate of drug-likeness (QED) is 0.861. The van der Waals surface area contributed by atoms with E-state index in [1.807, 2.05) is 12.1 Å². The van der Waals surface area contributed by atoms with Gasteiger partial charge in [0.15, 0.2) is 5.78 Å². The Hall–Kier alpha value is -1.30. The molecule has 0 spiro atoms. The van der Waals surface area contributed by atoms with Crippen LogP contribution >= 0.6 is 0 Å². The van der Waals surface area contributed by atoms with E-state index in [-0.39, 0.29) is 19.0 Å². The summed E-state index contributed by atoms with van der Waals surface area (Å²) < 4.78 is 5.24. The zero-order chi connectivity index (χ0) is 14.2. The van der Waals surface area contributed by atoms with E-state index in [2.05, 4.69) is 9.88 Å². The Labute approximate surface area is 118 Å². The molecule has 3 aliphatic heterocycles. The van der Waals surface area contributed by atoms with Gasteiger partial charge in [-0.3, -0.25) is 14.7 Å². The lowest BCUT2D eigenvalue weighted by Crippen LogP contribution is -2.73. The summed E-state index contributed by atoms with van der Waals surface area (Å²) in [6.45, 7) is 1.69. The highest BCUT2D eigenvalue weighted by molar-refractivity contribution is 5.99. The topological polar surface area (TPSA) is 62.7 Å². The minimum absolute atomic E-state index is 0.0954. The molecule has 5 heteroatoms. The fraction of sp³-hybridized carbons (Fsp3) is 0.600. The molecule has 0 aromatic carbocycles. The summed E-state index contributed by atoms with van der Waals surface area (Å²) in [6, 6.07) is 3.85. The van der Waals surface area contributed by atoms with E-state index in [0.717, 1.165) is 31.5 Å². The van der Waals surface area contributed by atoms with Crippen LogP contribution in [0.1, 0.15) is 18.4 Å². The summed E-state index contributed by atoms with van der Waals surface area (Å²) in [6.07, 6.45) is 5.08. The highest BCUT2D eigenvalue weighted by Gasteiger charge is 2.60. The molecule has 3 saturated heterocycles. The first-order chi connectivity index (χ1) is 9.69. The van der Waals surface area contributed by atoms with Crippen LogP contribution in [-0.4, -0.2) is 59.7 Å². The molecule has 1 unspecified atom stereocenters. The van der Waals surface area contributed by atoms with Gasteiger partial charge in [0.2, 0.25) is 0 Å². The zero-order valence-corrected chi connectivity index (χ0v) is 11.7. The van der Waals surface area contributed by atoms with Gasteiger partial charge in [-0.25, -0.2) is 0 Å². The number of aromatic nitrogens is 1. The summed E-state index contributed by atoms with van der Waals surface area (Å²) in [4.78, 5) is 19.3. The Bertz CT molecular complexity index is 497. The van der Waals surface area contributed by atoms with Gasteiger partial charge < -0.3 is 9.84 Å². The average Bonchev–Trinajstić information content (AvgIpc) is 2.52. The first-order valence-corrected chi connectivity index (χ1v) is 7.00. The van der Waals surface area contributed by atoms with Crippen molar-refractivity contribution in [3.8, 4) is 0 Å². The van der Waals surface area contributed by atoms with Crippen molar-refractivity contribution in [2.45, 2.75) is 23.8 Å². The van der Waals surface area contributed by atoms with E-state index in [1.165, 1.54) is 0 Å². The standard InChI is InChI=1S/C15H20N2O3/c1-20-11-15(10-18)13(19)14(4-8-17(15)9-5-14)12-2-6-16-7-3-12/h2-3,6-7,18H,4-5,8-11H2,1H3. The fourth-order valence-electron chi connectivity index (χ4n) is 3.84. The number of carbonyl (C=O) groups excluding carboxylic acids is 1. The number of Topliss-reactive ketones (excluding diaryl/α,β-unsaturated/α-hetero) is 1. The molecule has 1 N–H and O–H groups in total. The number of aliphatic hydroxyl groups is 1. The van der Waals surface area contributed by atoms with Crippen LogP contribution in [0.25, 0.3) is 0 Å². The minimum atomic E-state index is -0.880. The third-order valence-corrected chi connectivity index (χ3v) is 4.96. The molecule has 0 radical (unpaired) electrons. The van der Waals surface area contributed by atoms with Crippen molar-refractivity contribution in [1.29, 1.82) is 0 Å². The molecule has 20 heavy (non-hydrogen) atoms. The molecule has 5 nitrogen and oxygen atoms in total. The van der Waals surface area contributed by atoms with Crippen molar-refractivity contribution in [1.82, 2.24) is 9.88 Å². The van der Waals surface area contributed by atoms with E-state index in [9.17, 15) is 9.90 Å². The number of hydrogen-bond acceptors (Lipinski definition) is 5. The Kier molecular flexibility index (Phi) is 3.36. The molecule has 0 amide bonds. The van der Waals surface area contributed by atoms with Crippen LogP contribution in [0.4, 0.5) is 0 Å². The van der Waals surface area contributed by atoms with Crippen LogP contribution in [0.2, 0.25) is 0 Å². The van der Waals surface area contributed by atoms with Crippen LogP contribution in [0, 0.1) is 0 Å². The number of fused-ring (bicyclic) bond motifs is 3. The van der Waals surface area contributed by atoms with Gasteiger partial charge in [0.25, 0.3) is 0 Å². The van der Waals surface area contributed by atoms with Crippen molar-refractivity contribution in [2.24, 2.45) is 0 Å². The normalized spacial score (nSPS) is 36.3. The Balaban J connectivity index is 2.07. The third-order valence-electron chi connectivity index (χ3n) is 4.96. The lowest BCUT2D eigenvalue weighted by Gasteiger charge is -2.57. The smallest absolute Gasteiger partial charge is 0.168 e. The van der Waals surface area contributed by atoms with Gasteiger partial charge in [-0.05, 0) is 30.5 Å². The van der Waals surface area contributed by atoms with Gasteiger partial charge in [-0.2, -0.15) is 0 Å². The van der Waals surface area contributed by atoms with Gasteiger partial charge in [-0.1, -0.05) is 0 Å². The number of piperidine rings is 3. The first-order valence-electron chi connectivity index (χ1n) is 7.00. The number of pyridine rings is 1. The van der Waals surface area contributed by atoms with Crippen molar-refractivity contribution >= 4 is 5.78 Å². The fourth-order valence-corrected chi connectivity index (χ4v) is 3.84. The van der Waals surface area contributed by atoms with Gasteiger partial charge in [0.1, 0.15) is 5.54 Å². The van der Waals surface area contributed by atoms with Gasteiger partial charge in [-0.15, -0.1) is 0 Å². The number of methoxy groups -OCH3 is 1. The number of hydrogen-bond donors (Lipinski definition) is 1. The molecule has 3 aliphatic rings. The Morgan fingerprint density at radius 2 is 2.00 bits per heavy atom. The van der Waals surface area contributed by atoms with Crippen LogP contribution < -0.4 is 0 Å². The summed E-state index contributed by atoms with van der Waals surface area (Å²) >= 11 is 0. The number of aliphatic hydroxyl groups excluding tert-OH is 1. The van der Waals surface area contributed by atoms with Crippen LogP contribution in [0.5, 0.6) is 0 Å². The number of carbonyl (C=O) groups is 1. The van der Waals surface area contributed by atoms with Gasteiger partial charge in [0, 0.05) is 32.6 Å². The minimum Gasteiger partial charge on any atom is -0.394 e. The molecule has 2 bridgehead atoms. The van der Waals surface area contributed by atoms with Crippen molar-refractivity contribution in [2.75, 3.05) is 33.4 Å². The zero-order valence-electron chi connectivity index (χ0n) is 11.7. The van der Waals surface area contributed by atoms with Crippen molar-refractivity contribution < 1.29 is 14.6 Å². The Morgan fingerprint density at radius 1 is 1.35 bits per heavy atom. The maximum Gasteiger partial charge on any atom is 0.168 e. The largest absolute Gasteiger partial charge is 0.394 e. The van der Waals surface area contributed by atoms with Crippen molar-refractivity contribution in [3.05, 3.63) is 30.1 Å². The third kappa shape index (κ3) is 1.67. The molecule has 3 fully saturated rings. The molecular weight excluding hydrogens is 256 g/mol. The van der Waals surface area contributed by atoms with E-state index in [4.69, 9.17) is 4.74 Å². The highest BCUT2D eigenvalue weighted by Crippen LogP contribution is 2.47. The molecule has 4 heterocycles. The highest BCUT2D eigenvalue weighted by atomic mass is 16.5. The molecule has 0 saturated carbocycles. The van der Waals surface area contributed by atoms with Crippen LogP contribution in [0.3, 0.4) is 0 Å². The maximum atomic E-state index is 13.2. The Morgan fingerprint density at radius 3 is 2.55 bits per heavy atom. The van der Waals surface area contributed by atoms with Gasteiger partial charge >= 0.3 is 0 Å². The summed E-state index contributed by atoms with van der Waals surface area (Å²) in [5, 5.41) is 9.87. The lowest BCUT2D eigenvalue weighted by molar-refractivity contribution is -0.162. The molecule has 1 atom stereocenters. The second-order valence-corrected chi connectivity index (χ2v) is 5.76. The molecule has 4 rings (SSSR count). The average molecular weight is 276 g/mol. The molecule has 0 aliphatic carbocycles. The second-order valence-electron chi connectivity index (χ2n) is 5.76. The van der Waals surface area contributed by atoms with E-state index in [1.54, 1.807) is 19.5 Å². The van der Waals surface area contributed by atoms with Crippen LogP contribution in [0.15, 0.2) is 24.5 Å². The van der Waals surface area contributed by atoms with Crippen molar-refractivity contribution in [3.63, 3.8) is 0 Å². The SMILES string of the molecule is COCC1(CO)C(=O)C2(c3ccncc3)CCN1CC2. The summed E-state index contributed by atoms with van der Waals surface area (Å²) in [5.41, 5.74) is -0.348. The predicted octanol–water partition coefficient (Wildman–Crippen LogP) is 0.375. The number of rotatable bonds is 4. The van der Waals surface area contributed by atoms with E-state index < -0.39 is 11.0 Å². The second kappa shape index (κ2) is 4.91. The first kappa shape index (κ1) is 13.7. The summed E-state index contributed by atoms with van der Waals surface area (Å²) in [5.74, 6) is 0.0954. The predicted molar refractivity (Wildman–Crippen MR) is 73.4 cm³/mol. The maximum absolute atomic E-state index is 13.2. The molecular formula is C15H20N2O3. The molecule has 108 valence electrons. The number of nitrogens with zero attached hydrogens (tertiary/aromatic N) is 2. The molecule has 1 aromatic rings. The number of ketones is 1.